The zero-order chi connectivity index (χ0) is 12.2. The number of hydrogen-bond donors (Lipinski definition) is 1. The zero-order valence-corrected chi connectivity index (χ0v) is 11.0. The lowest BCUT2D eigenvalue weighted by molar-refractivity contribution is 0.400. The maximum Gasteiger partial charge on any atom is 0.0393 e. The molecule has 2 heteroatoms. The first kappa shape index (κ1) is 13.0. The molecule has 0 aliphatic rings. The maximum atomic E-state index is 6.34. The monoisotopic (exact) mass is 220 g/mol. The summed E-state index contributed by atoms with van der Waals surface area (Å²) in [6.45, 7) is 7.37. The molecule has 0 heterocycles. The quantitative estimate of drug-likeness (QED) is 0.826. The predicted octanol–water partition coefficient (Wildman–Crippen LogP) is 2.95. The summed E-state index contributed by atoms with van der Waals surface area (Å²) in [5.41, 5.74) is 8.85. The molecule has 0 bridgehead atoms. The van der Waals surface area contributed by atoms with Gasteiger partial charge in [0.05, 0.1) is 0 Å². The second kappa shape index (κ2) is 5.35. The van der Waals surface area contributed by atoms with Crippen LogP contribution >= 0.6 is 0 Å². The SMILES string of the molecule is CCC(N)(CC)CN(C)c1ccccc1C. The Bertz CT molecular complexity index is 329. The van der Waals surface area contributed by atoms with Crippen LogP contribution in [0.1, 0.15) is 32.3 Å². The van der Waals surface area contributed by atoms with E-state index in [9.17, 15) is 0 Å². The molecule has 2 N–H and O–H groups in total. The Morgan fingerprint density at radius 1 is 1.19 bits per heavy atom. The van der Waals surface area contributed by atoms with Crippen molar-refractivity contribution in [2.45, 2.75) is 39.2 Å². The molecule has 1 aromatic carbocycles. The molecule has 2 nitrogen and oxygen atoms in total. The van der Waals surface area contributed by atoms with Crippen molar-refractivity contribution >= 4 is 5.69 Å². The smallest absolute Gasteiger partial charge is 0.0393 e. The van der Waals surface area contributed by atoms with Crippen molar-refractivity contribution in [3.8, 4) is 0 Å². The Morgan fingerprint density at radius 2 is 1.75 bits per heavy atom. The Labute approximate surface area is 99.5 Å². The van der Waals surface area contributed by atoms with Gasteiger partial charge in [0.1, 0.15) is 0 Å². The molecule has 0 radical (unpaired) electrons. The summed E-state index contributed by atoms with van der Waals surface area (Å²) < 4.78 is 0. The van der Waals surface area contributed by atoms with E-state index in [0.29, 0.717) is 0 Å². The molecule has 1 rings (SSSR count). The number of hydrogen-bond acceptors (Lipinski definition) is 2. The van der Waals surface area contributed by atoms with Gasteiger partial charge in [-0.25, -0.2) is 0 Å². The van der Waals surface area contributed by atoms with Gasteiger partial charge in [-0.15, -0.1) is 0 Å². The summed E-state index contributed by atoms with van der Waals surface area (Å²) in [6, 6.07) is 8.44. The van der Waals surface area contributed by atoms with Crippen molar-refractivity contribution in [1.82, 2.24) is 0 Å². The van der Waals surface area contributed by atoms with Crippen molar-refractivity contribution in [3.63, 3.8) is 0 Å². The van der Waals surface area contributed by atoms with Crippen LogP contribution in [0.4, 0.5) is 5.69 Å². The topological polar surface area (TPSA) is 29.3 Å². The number of likely N-dealkylation sites (N-methyl/N-ethyl adjacent to an activating group) is 1. The van der Waals surface area contributed by atoms with Crippen LogP contribution in [0.25, 0.3) is 0 Å². The van der Waals surface area contributed by atoms with Gasteiger partial charge in [-0.2, -0.15) is 0 Å². The van der Waals surface area contributed by atoms with E-state index in [1.807, 2.05) is 0 Å². The van der Waals surface area contributed by atoms with E-state index < -0.39 is 0 Å². The average Bonchev–Trinajstić information content (AvgIpc) is 2.29. The Hall–Kier alpha value is -1.02. The molecule has 16 heavy (non-hydrogen) atoms. The molecule has 1 aromatic rings. The molecular weight excluding hydrogens is 196 g/mol. The third-order valence-corrected chi connectivity index (χ3v) is 3.49. The largest absolute Gasteiger partial charge is 0.373 e. The van der Waals surface area contributed by atoms with E-state index in [2.05, 4.69) is 57.0 Å². The van der Waals surface area contributed by atoms with Gasteiger partial charge in [0.15, 0.2) is 0 Å². The molecule has 0 unspecified atom stereocenters. The van der Waals surface area contributed by atoms with Gasteiger partial charge in [-0.1, -0.05) is 32.0 Å². The lowest BCUT2D eigenvalue weighted by atomic mass is 9.93. The number of para-hydroxylation sites is 1. The third-order valence-electron chi connectivity index (χ3n) is 3.49. The molecule has 0 spiro atoms. The van der Waals surface area contributed by atoms with Gasteiger partial charge >= 0.3 is 0 Å². The molecule has 0 saturated heterocycles. The van der Waals surface area contributed by atoms with Gasteiger partial charge in [0, 0.05) is 24.8 Å². The first-order valence-electron chi connectivity index (χ1n) is 6.08. The molecule has 0 aliphatic heterocycles. The Balaban J connectivity index is 2.80. The molecule has 0 fully saturated rings. The van der Waals surface area contributed by atoms with E-state index in [1.165, 1.54) is 11.3 Å². The number of nitrogens with two attached hydrogens (primary N) is 1. The normalized spacial score (nSPS) is 11.6. The average molecular weight is 220 g/mol. The summed E-state index contributed by atoms with van der Waals surface area (Å²) in [4.78, 5) is 2.27. The van der Waals surface area contributed by atoms with Gasteiger partial charge in [0.2, 0.25) is 0 Å². The summed E-state index contributed by atoms with van der Waals surface area (Å²) >= 11 is 0. The van der Waals surface area contributed by atoms with Crippen LogP contribution in [0.3, 0.4) is 0 Å². The third kappa shape index (κ3) is 2.99. The minimum Gasteiger partial charge on any atom is -0.373 e. The number of aryl methyl sites for hydroxylation is 1. The standard InChI is InChI=1S/C14H24N2/c1-5-14(15,6-2)11-16(4)13-10-8-7-9-12(13)3/h7-10H,5-6,11,15H2,1-4H3. The van der Waals surface area contributed by atoms with Crippen LogP contribution in [-0.4, -0.2) is 19.1 Å². The van der Waals surface area contributed by atoms with Gasteiger partial charge in [-0.3, -0.25) is 0 Å². The van der Waals surface area contributed by atoms with Gasteiger partial charge in [-0.05, 0) is 31.4 Å². The highest BCUT2D eigenvalue weighted by Gasteiger charge is 2.22. The van der Waals surface area contributed by atoms with Crippen LogP contribution in [0.5, 0.6) is 0 Å². The highest BCUT2D eigenvalue weighted by Crippen LogP contribution is 2.21. The number of anilines is 1. The van der Waals surface area contributed by atoms with Crippen LogP contribution in [0, 0.1) is 6.92 Å². The van der Waals surface area contributed by atoms with Gasteiger partial charge in [0.25, 0.3) is 0 Å². The molecule has 90 valence electrons. The maximum absolute atomic E-state index is 6.34. The lowest BCUT2D eigenvalue weighted by Crippen LogP contribution is -2.48. The fourth-order valence-corrected chi connectivity index (χ4v) is 2.02. The van der Waals surface area contributed by atoms with Crippen molar-refractivity contribution in [3.05, 3.63) is 29.8 Å². The van der Waals surface area contributed by atoms with Gasteiger partial charge < -0.3 is 10.6 Å². The zero-order valence-electron chi connectivity index (χ0n) is 11.0. The molecule has 0 saturated carbocycles. The van der Waals surface area contributed by atoms with Crippen LogP contribution in [-0.2, 0) is 0 Å². The van der Waals surface area contributed by atoms with Crippen molar-refractivity contribution in [2.24, 2.45) is 5.73 Å². The molecule has 0 aliphatic carbocycles. The highest BCUT2D eigenvalue weighted by molar-refractivity contribution is 5.52. The summed E-state index contributed by atoms with van der Waals surface area (Å²) in [5.74, 6) is 0. The summed E-state index contributed by atoms with van der Waals surface area (Å²) in [7, 11) is 2.12. The van der Waals surface area contributed by atoms with E-state index in [0.717, 1.165) is 19.4 Å². The first-order chi connectivity index (χ1) is 7.52. The van der Waals surface area contributed by atoms with E-state index in [1.54, 1.807) is 0 Å². The molecule has 0 aromatic heterocycles. The Kier molecular flexibility index (Phi) is 4.36. The summed E-state index contributed by atoms with van der Waals surface area (Å²) in [6.07, 6.45) is 2.03. The van der Waals surface area contributed by atoms with Crippen LogP contribution in [0.15, 0.2) is 24.3 Å². The number of benzene rings is 1. The van der Waals surface area contributed by atoms with Crippen molar-refractivity contribution in [2.75, 3.05) is 18.5 Å². The second-order valence-electron chi connectivity index (χ2n) is 4.71. The highest BCUT2D eigenvalue weighted by atomic mass is 15.1. The first-order valence-corrected chi connectivity index (χ1v) is 6.08. The predicted molar refractivity (Wildman–Crippen MR) is 71.9 cm³/mol. The molecular formula is C14H24N2. The van der Waals surface area contributed by atoms with Crippen molar-refractivity contribution in [1.29, 1.82) is 0 Å². The minimum atomic E-state index is -0.0724. The van der Waals surface area contributed by atoms with E-state index in [4.69, 9.17) is 5.73 Å². The second-order valence-corrected chi connectivity index (χ2v) is 4.71. The molecule has 0 atom stereocenters. The lowest BCUT2D eigenvalue weighted by Gasteiger charge is -2.33. The fourth-order valence-electron chi connectivity index (χ4n) is 2.02. The summed E-state index contributed by atoms with van der Waals surface area (Å²) in [5, 5.41) is 0. The van der Waals surface area contributed by atoms with Crippen molar-refractivity contribution < 1.29 is 0 Å². The minimum absolute atomic E-state index is 0.0724. The number of nitrogens with zero attached hydrogens (tertiary/aromatic N) is 1. The number of rotatable bonds is 5. The van der Waals surface area contributed by atoms with Crippen LogP contribution in [0.2, 0.25) is 0 Å². The fraction of sp³-hybridized carbons (Fsp3) is 0.571. The Morgan fingerprint density at radius 3 is 2.25 bits per heavy atom. The van der Waals surface area contributed by atoms with E-state index >= 15 is 0 Å². The molecule has 0 amide bonds. The van der Waals surface area contributed by atoms with E-state index in [-0.39, 0.29) is 5.54 Å². The van der Waals surface area contributed by atoms with Crippen LogP contribution < -0.4 is 10.6 Å².